The zero-order valence-electron chi connectivity index (χ0n) is 9.79. The summed E-state index contributed by atoms with van der Waals surface area (Å²) in [6.45, 7) is 0. The van der Waals surface area contributed by atoms with Gasteiger partial charge >= 0.3 is 0 Å². The molecule has 0 fully saturated rings. The quantitative estimate of drug-likeness (QED) is 0.365. The van der Waals surface area contributed by atoms with Crippen LogP contribution >= 0.6 is 0 Å². The van der Waals surface area contributed by atoms with E-state index in [0.717, 1.165) is 0 Å². The lowest BCUT2D eigenvalue weighted by Gasteiger charge is -2.11. The molecule has 0 radical (unpaired) electrons. The topological polar surface area (TPSA) is 144 Å². The Hall–Kier alpha value is -2.94. The first kappa shape index (κ1) is 12.5. The molecule has 0 unspecified atom stereocenters. The van der Waals surface area contributed by atoms with Gasteiger partial charge in [0.05, 0.1) is 0 Å². The van der Waals surface area contributed by atoms with Crippen LogP contribution in [-0.2, 0) is 0 Å². The Balaban J connectivity index is 2.05. The molecule has 2 rings (SSSR count). The maximum atomic E-state index is 11.7. The Kier molecular flexibility index (Phi) is 3.69. The summed E-state index contributed by atoms with van der Waals surface area (Å²) in [5.74, 6) is 5.29. The summed E-state index contributed by atoms with van der Waals surface area (Å²) < 4.78 is 0. The first-order valence-electron chi connectivity index (χ1n) is 5.27. The summed E-state index contributed by atoms with van der Waals surface area (Å²) in [7, 11) is 0. The minimum absolute atomic E-state index is 0.186. The molecule has 0 bridgehead atoms. The summed E-state index contributed by atoms with van der Waals surface area (Å²) in [5.41, 5.74) is 13.5. The third-order valence-electron chi connectivity index (χ3n) is 2.21. The Bertz CT molecular complexity index is 573. The molecule has 2 heterocycles. The van der Waals surface area contributed by atoms with Crippen molar-refractivity contribution in [2.75, 3.05) is 16.6 Å². The lowest BCUT2D eigenvalue weighted by Crippen LogP contribution is -2.31. The van der Waals surface area contributed by atoms with Crippen molar-refractivity contribution in [2.45, 2.75) is 0 Å². The Morgan fingerprint density at radius 3 is 2.63 bits per heavy atom. The minimum atomic E-state index is -0.416. The van der Waals surface area contributed by atoms with Gasteiger partial charge in [0.15, 0.2) is 11.6 Å². The van der Waals surface area contributed by atoms with Crippen molar-refractivity contribution < 1.29 is 4.79 Å². The molecule has 0 atom stereocenters. The van der Waals surface area contributed by atoms with Crippen molar-refractivity contribution in [1.82, 2.24) is 20.4 Å². The molecule has 19 heavy (non-hydrogen) atoms. The van der Waals surface area contributed by atoms with Crippen molar-refractivity contribution in [3.8, 4) is 0 Å². The highest BCUT2D eigenvalue weighted by atomic mass is 16.2. The van der Waals surface area contributed by atoms with Crippen molar-refractivity contribution in [1.29, 1.82) is 0 Å². The molecule has 98 valence electrons. The van der Waals surface area contributed by atoms with Gasteiger partial charge in [0.2, 0.25) is 0 Å². The third-order valence-corrected chi connectivity index (χ3v) is 2.21. The summed E-state index contributed by atoms with van der Waals surface area (Å²) in [6.07, 6.45) is 2.77. The number of aromatic nitrogens is 3. The fourth-order valence-corrected chi connectivity index (χ4v) is 1.29. The van der Waals surface area contributed by atoms with Crippen LogP contribution in [0.1, 0.15) is 10.5 Å². The van der Waals surface area contributed by atoms with E-state index >= 15 is 0 Å². The molecule has 0 aliphatic heterocycles. The average molecular weight is 260 g/mol. The van der Waals surface area contributed by atoms with E-state index in [9.17, 15) is 4.79 Å². The van der Waals surface area contributed by atoms with E-state index in [0.29, 0.717) is 0 Å². The Morgan fingerprint density at radius 2 is 1.95 bits per heavy atom. The number of carbonyl (C=O) groups excluding carboxylic acids is 1. The number of hydrogen-bond donors (Lipinski definition) is 5. The smallest absolute Gasteiger partial charge is 0.288 e. The molecule has 0 saturated heterocycles. The van der Waals surface area contributed by atoms with Gasteiger partial charge in [0, 0.05) is 6.20 Å². The van der Waals surface area contributed by atoms with Crippen LogP contribution in [0, 0.1) is 0 Å². The standard InChI is InChI=1S/C10H12N8O/c11-7-8(16-12)14-5-15-9(7)17-18-10(19)6-3-1-2-4-13-6/h1-5H,11-12H2,(H,18,19)(H2,14,15,16,17). The van der Waals surface area contributed by atoms with Gasteiger partial charge in [-0.3, -0.25) is 20.6 Å². The molecule has 2 aromatic rings. The van der Waals surface area contributed by atoms with Gasteiger partial charge in [-0.25, -0.2) is 15.8 Å². The number of amides is 1. The molecule has 2 aromatic heterocycles. The van der Waals surface area contributed by atoms with Crippen LogP contribution in [0.2, 0.25) is 0 Å². The van der Waals surface area contributed by atoms with Crippen LogP contribution < -0.4 is 27.9 Å². The largest absolute Gasteiger partial charge is 0.393 e. The summed E-state index contributed by atoms with van der Waals surface area (Å²) >= 11 is 0. The number of nitrogens with zero attached hydrogens (tertiary/aromatic N) is 3. The van der Waals surface area contributed by atoms with Crippen molar-refractivity contribution in [3.63, 3.8) is 0 Å². The Labute approximate surface area is 108 Å². The van der Waals surface area contributed by atoms with Crippen LogP contribution in [0.3, 0.4) is 0 Å². The molecule has 7 N–H and O–H groups in total. The van der Waals surface area contributed by atoms with E-state index in [1.807, 2.05) is 0 Å². The molecule has 0 aliphatic carbocycles. The number of hydrogen-bond acceptors (Lipinski definition) is 8. The van der Waals surface area contributed by atoms with E-state index in [1.54, 1.807) is 18.2 Å². The highest BCUT2D eigenvalue weighted by Gasteiger charge is 2.09. The lowest BCUT2D eigenvalue weighted by atomic mass is 10.3. The molecule has 9 nitrogen and oxygen atoms in total. The second-order valence-corrected chi connectivity index (χ2v) is 3.42. The maximum Gasteiger partial charge on any atom is 0.288 e. The maximum absolute atomic E-state index is 11.7. The molecule has 0 spiro atoms. The van der Waals surface area contributed by atoms with Gasteiger partial charge < -0.3 is 11.2 Å². The van der Waals surface area contributed by atoms with Gasteiger partial charge in [-0.15, -0.1) is 0 Å². The fourth-order valence-electron chi connectivity index (χ4n) is 1.29. The zero-order valence-corrected chi connectivity index (χ0v) is 9.79. The normalized spacial score (nSPS) is 9.74. The number of anilines is 3. The number of nitrogen functional groups attached to an aromatic ring is 2. The SMILES string of the molecule is NNc1ncnc(NNC(=O)c2ccccn2)c1N. The minimum Gasteiger partial charge on any atom is -0.393 e. The van der Waals surface area contributed by atoms with Crippen LogP contribution in [0.5, 0.6) is 0 Å². The number of pyridine rings is 1. The first-order valence-corrected chi connectivity index (χ1v) is 5.27. The first-order chi connectivity index (χ1) is 9.22. The summed E-state index contributed by atoms with van der Waals surface area (Å²) in [4.78, 5) is 23.3. The van der Waals surface area contributed by atoms with Gasteiger partial charge in [0.1, 0.15) is 17.7 Å². The van der Waals surface area contributed by atoms with Crippen LogP contribution in [-0.4, -0.2) is 20.9 Å². The van der Waals surface area contributed by atoms with Crippen molar-refractivity contribution in [3.05, 3.63) is 36.4 Å². The number of carbonyl (C=O) groups is 1. The van der Waals surface area contributed by atoms with Gasteiger partial charge in [0.25, 0.3) is 5.91 Å². The lowest BCUT2D eigenvalue weighted by molar-refractivity contribution is 0.0957. The van der Waals surface area contributed by atoms with E-state index in [2.05, 4.69) is 31.2 Å². The predicted molar refractivity (Wildman–Crippen MR) is 69.6 cm³/mol. The zero-order chi connectivity index (χ0) is 13.7. The summed E-state index contributed by atoms with van der Waals surface area (Å²) in [6, 6.07) is 5.00. The van der Waals surface area contributed by atoms with Gasteiger partial charge in [-0.05, 0) is 12.1 Å². The molecule has 0 aromatic carbocycles. The van der Waals surface area contributed by atoms with Gasteiger partial charge in [-0.1, -0.05) is 6.07 Å². The van der Waals surface area contributed by atoms with E-state index in [4.69, 9.17) is 11.6 Å². The highest BCUT2D eigenvalue weighted by Crippen LogP contribution is 2.20. The van der Waals surface area contributed by atoms with Gasteiger partial charge in [-0.2, -0.15) is 0 Å². The average Bonchev–Trinajstić information content (AvgIpc) is 2.47. The van der Waals surface area contributed by atoms with Crippen molar-refractivity contribution >= 4 is 23.2 Å². The van der Waals surface area contributed by atoms with E-state index in [-0.39, 0.29) is 23.0 Å². The number of nitrogens with one attached hydrogen (secondary N) is 3. The van der Waals surface area contributed by atoms with E-state index < -0.39 is 5.91 Å². The van der Waals surface area contributed by atoms with Crippen molar-refractivity contribution in [2.24, 2.45) is 5.84 Å². The van der Waals surface area contributed by atoms with Crippen LogP contribution in [0.25, 0.3) is 0 Å². The van der Waals surface area contributed by atoms with Crippen LogP contribution in [0.15, 0.2) is 30.7 Å². The molecule has 9 heteroatoms. The van der Waals surface area contributed by atoms with E-state index in [1.165, 1.54) is 12.5 Å². The monoisotopic (exact) mass is 260 g/mol. The number of hydrazine groups is 2. The molecule has 1 amide bonds. The molecule has 0 saturated carbocycles. The number of nitrogens with two attached hydrogens (primary N) is 2. The highest BCUT2D eigenvalue weighted by molar-refractivity contribution is 5.93. The third kappa shape index (κ3) is 2.84. The predicted octanol–water partition coefficient (Wildman–Crippen LogP) is -0.504. The number of rotatable bonds is 4. The molecule has 0 aliphatic rings. The molecular formula is C10H12N8O. The fraction of sp³-hybridized carbons (Fsp3) is 0. The summed E-state index contributed by atoms with van der Waals surface area (Å²) in [5, 5.41) is 0. The molecular weight excluding hydrogens is 248 g/mol. The second kappa shape index (κ2) is 5.60. The van der Waals surface area contributed by atoms with Crippen LogP contribution in [0.4, 0.5) is 17.3 Å². The second-order valence-electron chi connectivity index (χ2n) is 3.42. The Morgan fingerprint density at radius 1 is 1.16 bits per heavy atom.